The first-order chi connectivity index (χ1) is 13.9. The Hall–Kier alpha value is -2.56. The molecule has 0 radical (unpaired) electrons. The van der Waals surface area contributed by atoms with E-state index in [0.717, 1.165) is 17.3 Å². The molecule has 1 aromatic heterocycles. The first-order valence-electron chi connectivity index (χ1n) is 8.81. The number of alkyl halides is 3. The van der Waals surface area contributed by atoms with Crippen molar-refractivity contribution < 1.29 is 27.2 Å². The number of aromatic nitrogens is 2. The van der Waals surface area contributed by atoms with Gasteiger partial charge in [0.25, 0.3) is 5.91 Å². The van der Waals surface area contributed by atoms with E-state index in [1.54, 1.807) is 6.07 Å². The molecule has 1 aromatic carbocycles. The van der Waals surface area contributed by atoms with E-state index in [0.29, 0.717) is 4.47 Å². The summed E-state index contributed by atoms with van der Waals surface area (Å²) < 4.78 is 53.1. The number of likely N-dealkylation sites (N-methyl/N-ethyl adjacent to an activating group) is 1. The molecule has 1 heterocycles. The fourth-order valence-electron chi connectivity index (χ4n) is 3.35. The van der Waals surface area contributed by atoms with Crippen LogP contribution in [0.3, 0.4) is 0 Å². The predicted octanol–water partition coefficient (Wildman–Crippen LogP) is 3.93. The number of hydrogen-bond acceptors (Lipinski definition) is 4. The van der Waals surface area contributed by atoms with Crippen LogP contribution in [0.2, 0.25) is 0 Å². The molecule has 2 atom stereocenters. The molecule has 1 aliphatic carbocycles. The molecule has 3 rings (SSSR count). The Labute approximate surface area is 177 Å². The molecule has 6 nitrogen and oxygen atoms in total. The van der Waals surface area contributed by atoms with E-state index >= 15 is 0 Å². The first-order valence-corrected chi connectivity index (χ1v) is 9.60. The topological polar surface area (TPSA) is 75.2 Å². The summed E-state index contributed by atoms with van der Waals surface area (Å²) in [7, 11) is 1.36. The van der Waals surface area contributed by atoms with Crippen LogP contribution in [0.4, 0.5) is 23.5 Å². The molecule has 160 valence electrons. The minimum atomic E-state index is -4.36. The monoisotopic (exact) mass is 488 g/mol. The van der Waals surface area contributed by atoms with Crippen molar-refractivity contribution in [3.05, 3.63) is 52.0 Å². The number of anilines is 1. The molecular weight excluding hydrogens is 472 g/mol. The number of carbonyl (C=O) groups is 2. The lowest BCUT2D eigenvalue weighted by Crippen LogP contribution is -2.36. The fraction of sp³-hybridized carbons (Fsp3) is 0.368. The van der Waals surface area contributed by atoms with Crippen molar-refractivity contribution in [3.8, 4) is 0 Å². The van der Waals surface area contributed by atoms with Crippen molar-refractivity contribution in [2.24, 2.45) is 5.92 Å². The zero-order valence-electron chi connectivity index (χ0n) is 15.9. The summed E-state index contributed by atoms with van der Waals surface area (Å²) in [6, 6.07) is 4.51. The minimum Gasteiger partial charge on any atom is -0.332 e. The Kier molecular flexibility index (Phi) is 5.85. The average molecular weight is 489 g/mol. The Morgan fingerprint density at radius 2 is 1.93 bits per heavy atom. The lowest BCUT2D eigenvalue weighted by atomic mass is 9.90. The van der Waals surface area contributed by atoms with Gasteiger partial charge in [-0.25, -0.2) is 14.4 Å². The van der Waals surface area contributed by atoms with Gasteiger partial charge in [0.1, 0.15) is 0 Å². The highest BCUT2D eigenvalue weighted by molar-refractivity contribution is 9.10. The van der Waals surface area contributed by atoms with Gasteiger partial charge in [0, 0.05) is 22.5 Å². The predicted molar refractivity (Wildman–Crippen MR) is 103 cm³/mol. The van der Waals surface area contributed by atoms with Gasteiger partial charge in [-0.3, -0.25) is 14.9 Å². The highest BCUT2D eigenvalue weighted by atomic mass is 79.9. The largest absolute Gasteiger partial charge is 0.392 e. The zero-order chi connectivity index (χ0) is 22.3. The van der Waals surface area contributed by atoms with E-state index in [1.807, 2.05) is 0 Å². The third-order valence-corrected chi connectivity index (χ3v) is 5.55. The number of carbonyl (C=O) groups excluding carboxylic acids is 2. The zero-order valence-corrected chi connectivity index (χ0v) is 17.5. The summed E-state index contributed by atoms with van der Waals surface area (Å²) in [5.74, 6) is -3.57. The van der Waals surface area contributed by atoms with Crippen LogP contribution in [0.5, 0.6) is 0 Å². The highest BCUT2D eigenvalue weighted by Gasteiger charge is 2.65. The van der Waals surface area contributed by atoms with Crippen LogP contribution < -0.4 is 5.32 Å². The standard InChI is InChI=1S/C19H17BrF4N4O2/c1-18(6-14(18)19(22,23)24)13-5-10(20)3-4-12(13)16(30)28(2)9-15(29)27-17-25-7-11(21)8-26-17/h3-5,7-8,14H,6,9H2,1-2H3,(H,25,26,27,29). The van der Waals surface area contributed by atoms with Crippen LogP contribution in [0.15, 0.2) is 35.1 Å². The Balaban J connectivity index is 1.76. The molecule has 2 unspecified atom stereocenters. The van der Waals surface area contributed by atoms with Crippen molar-refractivity contribution >= 4 is 33.7 Å². The summed E-state index contributed by atoms with van der Waals surface area (Å²) in [5.41, 5.74) is -0.836. The van der Waals surface area contributed by atoms with Crippen LogP contribution in [0.25, 0.3) is 0 Å². The van der Waals surface area contributed by atoms with Gasteiger partial charge in [0.15, 0.2) is 5.82 Å². The van der Waals surface area contributed by atoms with Gasteiger partial charge in [-0.15, -0.1) is 0 Å². The number of nitrogens with one attached hydrogen (secondary N) is 1. The SMILES string of the molecule is CN(CC(=O)Nc1ncc(F)cn1)C(=O)c1ccc(Br)cc1C1(C)CC1C(F)(F)F. The summed E-state index contributed by atoms with van der Waals surface area (Å²) in [5, 5.41) is 2.32. The molecule has 1 saturated carbocycles. The molecule has 0 saturated heterocycles. The van der Waals surface area contributed by atoms with Gasteiger partial charge < -0.3 is 4.90 Å². The van der Waals surface area contributed by atoms with Gasteiger partial charge in [-0.05, 0) is 30.2 Å². The number of halogens is 5. The molecule has 0 bridgehead atoms. The average Bonchev–Trinajstić information content (AvgIpc) is 3.37. The highest BCUT2D eigenvalue weighted by Crippen LogP contribution is 2.61. The lowest BCUT2D eigenvalue weighted by molar-refractivity contribution is -0.152. The van der Waals surface area contributed by atoms with E-state index in [-0.39, 0.29) is 23.5 Å². The van der Waals surface area contributed by atoms with Crippen molar-refractivity contribution in [2.75, 3.05) is 18.9 Å². The second-order valence-corrected chi connectivity index (χ2v) is 8.26. The number of benzene rings is 1. The van der Waals surface area contributed by atoms with Gasteiger partial charge in [-0.1, -0.05) is 22.9 Å². The van der Waals surface area contributed by atoms with E-state index in [9.17, 15) is 27.2 Å². The van der Waals surface area contributed by atoms with Crippen LogP contribution in [-0.2, 0) is 10.2 Å². The first kappa shape index (κ1) is 22.1. The van der Waals surface area contributed by atoms with Crippen LogP contribution in [-0.4, -0.2) is 46.5 Å². The smallest absolute Gasteiger partial charge is 0.332 e. The second kappa shape index (κ2) is 7.93. The van der Waals surface area contributed by atoms with Crippen molar-refractivity contribution in [3.63, 3.8) is 0 Å². The van der Waals surface area contributed by atoms with E-state index < -0.39 is 41.7 Å². The van der Waals surface area contributed by atoms with Crippen molar-refractivity contribution in [1.82, 2.24) is 14.9 Å². The van der Waals surface area contributed by atoms with Crippen molar-refractivity contribution in [1.29, 1.82) is 0 Å². The van der Waals surface area contributed by atoms with E-state index in [2.05, 4.69) is 31.2 Å². The van der Waals surface area contributed by atoms with Gasteiger partial charge in [-0.2, -0.15) is 13.2 Å². The van der Waals surface area contributed by atoms with E-state index in [1.165, 1.54) is 26.1 Å². The third kappa shape index (κ3) is 4.61. The van der Waals surface area contributed by atoms with Crippen LogP contribution >= 0.6 is 15.9 Å². The van der Waals surface area contributed by atoms with E-state index in [4.69, 9.17) is 0 Å². The molecule has 11 heteroatoms. The number of hydrogen-bond donors (Lipinski definition) is 1. The molecule has 2 amide bonds. The van der Waals surface area contributed by atoms with Gasteiger partial charge in [0.05, 0.1) is 24.9 Å². The fourth-order valence-corrected chi connectivity index (χ4v) is 3.71. The van der Waals surface area contributed by atoms with Gasteiger partial charge in [0.2, 0.25) is 11.9 Å². The maximum absolute atomic E-state index is 13.2. The Morgan fingerprint density at radius 3 is 2.50 bits per heavy atom. The maximum atomic E-state index is 13.2. The normalized spacial score (nSPS) is 20.6. The summed E-state index contributed by atoms with van der Waals surface area (Å²) in [4.78, 5) is 33.3. The molecule has 2 aromatic rings. The number of nitrogens with zero attached hydrogens (tertiary/aromatic N) is 3. The number of rotatable bonds is 5. The second-order valence-electron chi connectivity index (χ2n) is 7.34. The molecule has 1 aliphatic rings. The third-order valence-electron chi connectivity index (χ3n) is 5.06. The lowest BCUT2D eigenvalue weighted by Gasteiger charge is -2.22. The number of amides is 2. The van der Waals surface area contributed by atoms with Crippen molar-refractivity contribution in [2.45, 2.75) is 24.9 Å². The molecule has 1 N–H and O–H groups in total. The summed E-state index contributed by atoms with van der Waals surface area (Å²) >= 11 is 3.24. The minimum absolute atomic E-state index is 0.0979. The molecular formula is C19H17BrF4N4O2. The van der Waals surface area contributed by atoms with Gasteiger partial charge >= 0.3 is 6.18 Å². The van der Waals surface area contributed by atoms with Crippen LogP contribution in [0, 0.1) is 11.7 Å². The quantitative estimate of drug-likeness (QED) is 0.647. The van der Waals surface area contributed by atoms with Crippen LogP contribution in [0.1, 0.15) is 29.3 Å². The summed E-state index contributed by atoms with van der Waals surface area (Å²) in [6.45, 7) is 1.08. The molecule has 30 heavy (non-hydrogen) atoms. The molecule has 0 aliphatic heterocycles. The Bertz CT molecular complexity index is 983. The summed E-state index contributed by atoms with van der Waals surface area (Å²) in [6.07, 6.45) is -2.73. The molecule has 0 spiro atoms. The Morgan fingerprint density at radius 1 is 1.30 bits per heavy atom. The molecule has 1 fully saturated rings. The maximum Gasteiger partial charge on any atom is 0.392 e.